The summed E-state index contributed by atoms with van der Waals surface area (Å²) >= 11 is 1.21. The van der Waals surface area contributed by atoms with E-state index >= 15 is 0 Å². The fraction of sp³-hybridized carbons (Fsp3) is 0.471. The Labute approximate surface area is 160 Å². The van der Waals surface area contributed by atoms with Gasteiger partial charge in [-0.2, -0.15) is 0 Å². The van der Waals surface area contributed by atoms with Gasteiger partial charge >= 0.3 is 23.8 Å². The molecule has 27 heavy (non-hydrogen) atoms. The van der Waals surface area contributed by atoms with Crippen LogP contribution in [0.1, 0.15) is 42.4 Å². The topological polar surface area (TPSA) is 113 Å². The predicted octanol–water partition coefficient (Wildman–Crippen LogP) is 1.63. The second-order valence-electron chi connectivity index (χ2n) is 5.71. The van der Waals surface area contributed by atoms with Gasteiger partial charge < -0.3 is 10.1 Å². The molecule has 1 aliphatic rings. The number of aryl methyl sites for hydroxylation is 1. The van der Waals surface area contributed by atoms with Gasteiger partial charge in [0.25, 0.3) is 0 Å². The maximum atomic E-state index is 12.3. The summed E-state index contributed by atoms with van der Waals surface area (Å²) in [5, 5.41) is 2.82. The number of carbonyl (C=O) groups is 5. The van der Waals surface area contributed by atoms with E-state index in [-0.39, 0.29) is 23.7 Å². The molecule has 1 fully saturated rings. The summed E-state index contributed by atoms with van der Waals surface area (Å²) in [6, 6.07) is 0.824. The van der Waals surface area contributed by atoms with Gasteiger partial charge in [-0.05, 0) is 25.8 Å². The van der Waals surface area contributed by atoms with Gasteiger partial charge in [-0.25, -0.2) is 14.5 Å². The number of amides is 5. The van der Waals surface area contributed by atoms with Gasteiger partial charge in [0.2, 0.25) is 5.91 Å². The first kappa shape index (κ1) is 20.6. The van der Waals surface area contributed by atoms with Crippen molar-refractivity contribution in [2.24, 2.45) is 0 Å². The summed E-state index contributed by atoms with van der Waals surface area (Å²) in [6.45, 7) is 5.04. The highest BCUT2D eigenvalue weighted by molar-refractivity contribution is 7.16. The summed E-state index contributed by atoms with van der Waals surface area (Å²) in [4.78, 5) is 62.6. The van der Waals surface area contributed by atoms with Crippen LogP contribution >= 0.6 is 11.3 Å². The minimum absolute atomic E-state index is 0.110. The van der Waals surface area contributed by atoms with E-state index in [9.17, 15) is 24.0 Å². The minimum Gasteiger partial charge on any atom is -0.462 e. The highest BCUT2D eigenvalue weighted by Gasteiger charge is 2.44. The molecule has 2 rings (SSSR count). The van der Waals surface area contributed by atoms with Crippen molar-refractivity contribution in [1.29, 1.82) is 0 Å². The van der Waals surface area contributed by atoms with E-state index in [1.165, 1.54) is 11.3 Å². The number of anilines is 1. The quantitative estimate of drug-likeness (QED) is 0.407. The lowest BCUT2D eigenvalue weighted by Gasteiger charge is -2.14. The normalized spacial score (nSPS) is 14.1. The van der Waals surface area contributed by atoms with Crippen molar-refractivity contribution in [1.82, 2.24) is 9.80 Å². The van der Waals surface area contributed by atoms with Gasteiger partial charge in [0, 0.05) is 11.4 Å². The Morgan fingerprint density at radius 1 is 1.11 bits per heavy atom. The summed E-state index contributed by atoms with van der Waals surface area (Å²) in [5.74, 6) is -3.22. The number of hydrogen-bond acceptors (Lipinski definition) is 7. The predicted molar refractivity (Wildman–Crippen MR) is 97.4 cm³/mol. The van der Waals surface area contributed by atoms with Crippen molar-refractivity contribution >= 4 is 46.1 Å². The zero-order valence-corrected chi connectivity index (χ0v) is 16.2. The monoisotopic (exact) mass is 395 g/mol. The fourth-order valence-corrected chi connectivity index (χ4v) is 3.49. The molecule has 0 radical (unpaired) electrons. The number of carbonyl (C=O) groups excluding carboxylic acids is 5. The van der Waals surface area contributed by atoms with Crippen LogP contribution < -0.4 is 5.32 Å². The Kier molecular flexibility index (Phi) is 6.67. The number of urea groups is 1. The van der Waals surface area contributed by atoms with Gasteiger partial charge in [0.15, 0.2) is 0 Å². The molecule has 1 aromatic heterocycles. The number of rotatable bonds is 8. The number of nitrogens with one attached hydrogen (secondary N) is 1. The molecule has 1 aliphatic heterocycles. The summed E-state index contributed by atoms with van der Waals surface area (Å²) in [6.07, 6.45) is 1.17. The Bertz CT molecular complexity index is 788. The lowest BCUT2D eigenvalue weighted by atomic mass is 10.2. The standard InChI is InChI=1S/C17H21N3O6S/c1-4-7-19-14(22)15(23)20(17(19)25)9-12(21)18-13-11(16(24)26-6-3)8-10(5-2)27-13/h8H,4-7,9H2,1-3H3,(H,18,21). The van der Waals surface area contributed by atoms with Gasteiger partial charge in [0.1, 0.15) is 11.5 Å². The average molecular weight is 395 g/mol. The van der Waals surface area contributed by atoms with Crippen LogP contribution in [0.2, 0.25) is 0 Å². The van der Waals surface area contributed by atoms with E-state index in [0.29, 0.717) is 17.7 Å². The lowest BCUT2D eigenvalue weighted by molar-refractivity contribution is -0.143. The van der Waals surface area contributed by atoms with Crippen molar-refractivity contribution in [3.05, 3.63) is 16.5 Å². The number of nitrogens with zero attached hydrogens (tertiary/aromatic N) is 2. The van der Waals surface area contributed by atoms with Crippen LogP contribution in [0.5, 0.6) is 0 Å². The van der Waals surface area contributed by atoms with E-state index < -0.39 is 36.3 Å². The number of thiophene rings is 1. The molecule has 0 saturated carbocycles. The third-order valence-corrected chi connectivity index (χ3v) is 4.96. The van der Waals surface area contributed by atoms with Gasteiger partial charge in [-0.1, -0.05) is 13.8 Å². The fourth-order valence-electron chi connectivity index (χ4n) is 2.49. The van der Waals surface area contributed by atoms with Crippen molar-refractivity contribution < 1.29 is 28.7 Å². The lowest BCUT2D eigenvalue weighted by Crippen LogP contribution is -2.39. The van der Waals surface area contributed by atoms with Crippen molar-refractivity contribution in [3.8, 4) is 0 Å². The molecular formula is C17H21N3O6S. The van der Waals surface area contributed by atoms with Crippen LogP contribution in [0.4, 0.5) is 9.80 Å². The Morgan fingerprint density at radius 2 is 1.78 bits per heavy atom. The van der Waals surface area contributed by atoms with Crippen molar-refractivity contribution in [2.45, 2.75) is 33.6 Å². The van der Waals surface area contributed by atoms with E-state index in [1.807, 2.05) is 6.92 Å². The van der Waals surface area contributed by atoms with Crippen LogP contribution in [0.25, 0.3) is 0 Å². The molecule has 146 valence electrons. The Hall–Kier alpha value is -2.75. The van der Waals surface area contributed by atoms with Crippen LogP contribution in [0.15, 0.2) is 6.07 Å². The Morgan fingerprint density at radius 3 is 2.37 bits per heavy atom. The average Bonchev–Trinajstić information content (AvgIpc) is 3.12. The van der Waals surface area contributed by atoms with Crippen LogP contribution in [0, 0.1) is 0 Å². The van der Waals surface area contributed by atoms with E-state index in [1.54, 1.807) is 19.9 Å². The van der Waals surface area contributed by atoms with E-state index in [0.717, 1.165) is 9.78 Å². The smallest absolute Gasteiger partial charge is 0.341 e. The maximum absolute atomic E-state index is 12.3. The maximum Gasteiger partial charge on any atom is 0.341 e. The zero-order valence-electron chi connectivity index (χ0n) is 15.4. The van der Waals surface area contributed by atoms with Gasteiger partial charge in [0.05, 0.1) is 12.2 Å². The van der Waals surface area contributed by atoms with Crippen LogP contribution in [0.3, 0.4) is 0 Å². The molecule has 9 nitrogen and oxygen atoms in total. The molecule has 5 amide bonds. The first-order chi connectivity index (χ1) is 12.8. The summed E-state index contributed by atoms with van der Waals surface area (Å²) in [7, 11) is 0. The van der Waals surface area contributed by atoms with E-state index in [2.05, 4.69) is 5.32 Å². The van der Waals surface area contributed by atoms with Gasteiger partial charge in [-0.3, -0.25) is 19.3 Å². The molecule has 0 aromatic carbocycles. The zero-order chi connectivity index (χ0) is 20.1. The minimum atomic E-state index is -1.03. The third-order valence-electron chi connectivity index (χ3n) is 3.76. The van der Waals surface area contributed by atoms with Crippen LogP contribution in [-0.4, -0.2) is 59.2 Å². The largest absolute Gasteiger partial charge is 0.462 e. The highest BCUT2D eigenvalue weighted by Crippen LogP contribution is 2.29. The second kappa shape index (κ2) is 8.76. The molecule has 1 N–H and O–H groups in total. The molecule has 0 bridgehead atoms. The molecular weight excluding hydrogens is 374 g/mol. The summed E-state index contributed by atoms with van der Waals surface area (Å²) in [5.41, 5.74) is 0.217. The molecule has 0 unspecified atom stereocenters. The molecule has 0 atom stereocenters. The Balaban J connectivity index is 2.13. The first-order valence-corrected chi connectivity index (χ1v) is 9.42. The molecule has 0 spiro atoms. The number of esters is 1. The second-order valence-corrected chi connectivity index (χ2v) is 6.85. The SMILES string of the molecule is CCCN1C(=O)C(=O)N(CC(=O)Nc2sc(CC)cc2C(=O)OCC)C1=O. The number of ether oxygens (including phenoxy) is 1. The molecule has 1 saturated heterocycles. The molecule has 0 aliphatic carbocycles. The molecule has 1 aromatic rings. The van der Waals surface area contributed by atoms with Crippen molar-refractivity contribution in [3.63, 3.8) is 0 Å². The van der Waals surface area contributed by atoms with Gasteiger partial charge in [-0.15, -0.1) is 11.3 Å². The molecule has 10 heteroatoms. The number of hydrogen-bond donors (Lipinski definition) is 1. The number of imide groups is 2. The highest BCUT2D eigenvalue weighted by atomic mass is 32.1. The third kappa shape index (κ3) is 4.33. The van der Waals surface area contributed by atoms with Crippen LogP contribution in [-0.2, 0) is 25.5 Å². The summed E-state index contributed by atoms with van der Waals surface area (Å²) < 4.78 is 4.98. The van der Waals surface area contributed by atoms with E-state index in [4.69, 9.17) is 4.74 Å². The first-order valence-electron chi connectivity index (χ1n) is 8.60. The van der Waals surface area contributed by atoms with Crippen molar-refractivity contribution in [2.75, 3.05) is 25.0 Å². The molecule has 2 heterocycles.